The molecule has 1 N–H and O–H groups in total. The summed E-state index contributed by atoms with van der Waals surface area (Å²) >= 11 is 0. The molecule has 1 unspecified atom stereocenters. The third-order valence-corrected chi connectivity index (χ3v) is 4.70. The molecular formula is C19H17F4NO4. The fraction of sp³-hybridized carbons (Fsp3) is 0.368. The summed E-state index contributed by atoms with van der Waals surface area (Å²) in [4.78, 5) is 24.8. The molecule has 28 heavy (non-hydrogen) atoms. The third-order valence-electron chi connectivity index (χ3n) is 4.70. The number of nitrogens with one attached hydrogen (secondary N) is 1. The summed E-state index contributed by atoms with van der Waals surface area (Å²) < 4.78 is 63.5. The minimum absolute atomic E-state index is 0.00776. The Morgan fingerprint density at radius 1 is 1.36 bits per heavy atom. The lowest BCUT2D eigenvalue weighted by molar-refractivity contribution is -0.136. The molecule has 0 saturated carbocycles. The normalized spacial score (nSPS) is 19.4. The van der Waals surface area contributed by atoms with Crippen LogP contribution in [-0.2, 0) is 25.5 Å². The molecule has 0 fully saturated rings. The van der Waals surface area contributed by atoms with E-state index in [4.69, 9.17) is 9.47 Å². The fourth-order valence-corrected chi connectivity index (χ4v) is 3.55. The Morgan fingerprint density at radius 2 is 2.07 bits per heavy atom. The van der Waals surface area contributed by atoms with E-state index >= 15 is 0 Å². The first-order valence-electron chi connectivity index (χ1n) is 8.50. The molecule has 0 spiro atoms. The number of cyclic esters (lactones) is 1. The molecule has 1 aromatic carbocycles. The number of rotatable bonds is 4. The second-order valence-corrected chi connectivity index (χ2v) is 6.36. The van der Waals surface area contributed by atoms with Crippen LogP contribution in [0.2, 0.25) is 0 Å². The number of halogens is 4. The highest BCUT2D eigenvalue weighted by atomic mass is 19.4. The van der Waals surface area contributed by atoms with Crippen LogP contribution in [0.15, 0.2) is 40.7 Å². The van der Waals surface area contributed by atoms with Crippen molar-refractivity contribution in [3.8, 4) is 0 Å². The molecule has 2 aliphatic rings. The highest BCUT2D eigenvalue weighted by Gasteiger charge is 2.44. The number of carbonyl (C=O) groups excluding carboxylic acids is 2. The second-order valence-electron chi connectivity index (χ2n) is 6.36. The molecule has 2 heterocycles. The maximum atomic E-state index is 14.4. The van der Waals surface area contributed by atoms with Crippen molar-refractivity contribution in [3.05, 3.63) is 57.7 Å². The summed E-state index contributed by atoms with van der Waals surface area (Å²) in [7, 11) is 1.12. The quantitative estimate of drug-likeness (QED) is 0.622. The zero-order valence-corrected chi connectivity index (χ0v) is 15.1. The molecule has 3 rings (SSSR count). The molecular weight excluding hydrogens is 382 g/mol. The molecule has 0 saturated heterocycles. The van der Waals surface area contributed by atoms with E-state index in [1.54, 1.807) is 6.92 Å². The summed E-state index contributed by atoms with van der Waals surface area (Å²) in [6.45, 7) is 1.63. The second kappa shape index (κ2) is 7.29. The summed E-state index contributed by atoms with van der Waals surface area (Å²) in [5, 5.41) is 2.94. The van der Waals surface area contributed by atoms with Crippen LogP contribution in [0.25, 0.3) is 0 Å². The predicted octanol–water partition coefficient (Wildman–Crippen LogP) is 3.27. The number of ether oxygens (including phenoxy) is 2. The van der Waals surface area contributed by atoms with E-state index in [2.05, 4.69) is 5.32 Å². The van der Waals surface area contributed by atoms with E-state index in [0.29, 0.717) is 17.8 Å². The van der Waals surface area contributed by atoms with Crippen LogP contribution in [0.1, 0.15) is 30.4 Å². The molecule has 2 aliphatic heterocycles. The first kappa shape index (κ1) is 19.9. The van der Waals surface area contributed by atoms with Gasteiger partial charge in [0.2, 0.25) is 0 Å². The van der Waals surface area contributed by atoms with Crippen LogP contribution in [0.5, 0.6) is 0 Å². The zero-order chi connectivity index (χ0) is 20.6. The van der Waals surface area contributed by atoms with Crippen molar-refractivity contribution in [1.82, 2.24) is 5.32 Å². The summed E-state index contributed by atoms with van der Waals surface area (Å²) in [5.74, 6) is -3.88. The molecule has 0 amide bonds. The highest BCUT2D eigenvalue weighted by Crippen LogP contribution is 2.44. The fourth-order valence-electron chi connectivity index (χ4n) is 3.55. The summed E-state index contributed by atoms with van der Waals surface area (Å²) in [6, 6.07) is 3.44. The van der Waals surface area contributed by atoms with Gasteiger partial charge in [0.15, 0.2) is 0 Å². The van der Waals surface area contributed by atoms with Crippen molar-refractivity contribution >= 4 is 11.9 Å². The van der Waals surface area contributed by atoms with Crippen LogP contribution < -0.4 is 5.32 Å². The van der Waals surface area contributed by atoms with Gasteiger partial charge in [-0.3, -0.25) is 0 Å². The standard InChI is InChI=1S/C19H17F4NO4/c1-3-12-15(17(25)27-2)14(16-13(24-12)8-28-18(16)26)9-5-4-6-11(20)10(9)7-19(21,22)23/h4-6,14,24H,3,7-8H2,1-2H3. The monoisotopic (exact) mass is 399 g/mol. The van der Waals surface area contributed by atoms with Gasteiger partial charge in [0, 0.05) is 11.3 Å². The number of hydrogen-bond acceptors (Lipinski definition) is 5. The van der Waals surface area contributed by atoms with Gasteiger partial charge in [0.25, 0.3) is 0 Å². The van der Waals surface area contributed by atoms with Gasteiger partial charge in [-0.2, -0.15) is 13.2 Å². The Hall–Kier alpha value is -2.84. The number of methoxy groups -OCH3 is 1. The van der Waals surface area contributed by atoms with Crippen molar-refractivity contribution in [3.63, 3.8) is 0 Å². The van der Waals surface area contributed by atoms with E-state index in [-0.39, 0.29) is 23.3 Å². The lowest BCUT2D eigenvalue weighted by atomic mass is 9.78. The van der Waals surface area contributed by atoms with Gasteiger partial charge < -0.3 is 14.8 Å². The van der Waals surface area contributed by atoms with E-state index in [9.17, 15) is 27.2 Å². The highest BCUT2D eigenvalue weighted by molar-refractivity contribution is 6.01. The number of carbonyl (C=O) groups is 2. The zero-order valence-electron chi connectivity index (χ0n) is 15.1. The van der Waals surface area contributed by atoms with Gasteiger partial charge in [-0.25, -0.2) is 14.0 Å². The van der Waals surface area contributed by atoms with E-state index in [1.165, 1.54) is 12.1 Å². The Kier molecular flexibility index (Phi) is 5.18. The number of benzene rings is 1. The SMILES string of the molecule is CCC1=C(C(=O)OC)C(c2cccc(F)c2CC(F)(F)F)C2=C(COC2=O)N1. The Labute approximate surface area is 158 Å². The molecule has 1 aromatic rings. The molecule has 0 bridgehead atoms. The summed E-state index contributed by atoms with van der Waals surface area (Å²) in [6.07, 6.45) is -5.90. The third kappa shape index (κ3) is 3.48. The molecule has 0 radical (unpaired) electrons. The van der Waals surface area contributed by atoms with Gasteiger partial charge >= 0.3 is 18.1 Å². The average molecular weight is 399 g/mol. The van der Waals surface area contributed by atoms with Crippen molar-refractivity contribution in [2.75, 3.05) is 13.7 Å². The predicted molar refractivity (Wildman–Crippen MR) is 89.4 cm³/mol. The van der Waals surface area contributed by atoms with Crippen LogP contribution in [-0.4, -0.2) is 31.8 Å². The first-order valence-corrected chi connectivity index (χ1v) is 8.50. The number of dihydropyridines is 1. The number of hydrogen-bond donors (Lipinski definition) is 1. The largest absolute Gasteiger partial charge is 0.466 e. The van der Waals surface area contributed by atoms with E-state index < -0.39 is 41.8 Å². The van der Waals surface area contributed by atoms with Crippen molar-refractivity contribution in [1.29, 1.82) is 0 Å². The average Bonchev–Trinajstić information content (AvgIpc) is 3.01. The van der Waals surface area contributed by atoms with Crippen LogP contribution >= 0.6 is 0 Å². The summed E-state index contributed by atoms with van der Waals surface area (Å²) in [5.41, 5.74) is -0.0390. The number of allylic oxidation sites excluding steroid dienone is 1. The molecule has 5 nitrogen and oxygen atoms in total. The molecule has 0 aromatic heterocycles. The van der Waals surface area contributed by atoms with Gasteiger partial charge in [0.1, 0.15) is 12.4 Å². The minimum atomic E-state index is -4.68. The van der Waals surface area contributed by atoms with Gasteiger partial charge in [-0.15, -0.1) is 0 Å². The van der Waals surface area contributed by atoms with Crippen LogP contribution in [0, 0.1) is 5.82 Å². The van der Waals surface area contributed by atoms with Gasteiger partial charge in [-0.1, -0.05) is 19.1 Å². The van der Waals surface area contributed by atoms with Crippen LogP contribution in [0.3, 0.4) is 0 Å². The van der Waals surface area contributed by atoms with E-state index in [0.717, 1.165) is 13.2 Å². The first-order chi connectivity index (χ1) is 13.2. The number of esters is 2. The molecule has 1 atom stereocenters. The van der Waals surface area contributed by atoms with Gasteiger partial charge in [-0.05, 0) is 18.1 Å². The Balaban J connectivity index is 2.27. The molecule has 9 heteroatoms. The van der Waals surface area contributed by atoms with Crippen molar-refractivity contribution < 1.29 is 36.6 Å². The van der Waals surface area contributed by atoms with Crippen LogP contribution in [0.4, 0.5) is 17.6 Å². The molecule has 0 aliphatic carbocycles. The smallest absolute Gasteiger partial charge is 0.393 e. The van der Waals surface area contributed by atoms with Crippen molar-refractivity contribution in [2.24, 2.45) is 0 Å². The lowest BCUT2D eigenvalue weighted by Crippen LogP contribution is -2.31. The lowest BCUT2D eigenvalue weighted by Gasteiger charge is -2.30. The molecule has 150 valence electrons. The Morgan fingerprint density at radius 3 is 2.68 bits per heavy atom. The topological polar surface area (TPSA) is 64.6 Å². The Bertz CT molecular complexity index is 902. The minimum Gasteiger partial charge on any atom is -0.466 e. The maximum Gasteiger partial charge on any atom is 0.393 e. The van der Waals surface area contributed by atoms with E-state index in [1.807, 2.05) is 0 Å². The van der Waals surface area contributed by atoms with Gasteiger partial charge in [0.05, 0.1) is 36.3 Å². The van der Waals surface area contributed by atoms with Crippen molar-refractivity contribution in [2.45, 2.75) is 31.9 Å². The number of alkyl halides is 3. The maximum absolute atomic E-state index is 14.4.